The first-order valence-corrected chi connectivity index (χ1v) is 11.7. The molecule has 0 radical (unpaired) electrons. The highest BCUT2D eigenvalue weighted by Crippen LogP contribution is 2.36. The molecule has 6 nitrogen and oxygen atoms in total. The summed E-state index contributed by atoms with van der Waals surface area (Å²) in [6.07, 6.45) is 0. The van der Waals surface area contributed by atoms with Gasteiger partial charge in [0, 0.05) is 10.5 Å². The van der Waals surface area contributed by atoms with E-state index in [2.05, 4.69) is 11.8 Å². The van der Waals surface area contributed by atoms with Crippen LogP contribution in [0, 0.1) is 11.8 Å². The lowest BCUT2D eigenvalue weighted by Gasteiger charge is -2.33. The van der Waals surface area contributed by atoms with Crippen LogP contribution in [0.25, 0.3) is 0 Å². The predicted molar refractivity (Wildman–Crippen MR) is 116 cm³/mol. The van der Waals surface area contributed by atoms with Gasteiger partial charge < -0.3 is 14.6 Å². The van der Waals surface area contributed by atoms with E-state index in [0.717, 1.165) is 0 Å². The van der Waals surface area contributed by atoms with Gasteiger partial charge in [-0.1, -0.05) is 5.92 Å². The molecular formula is C21H30O6S2. The monoisotopic (exact) mass is 442 g/mol. The van der Waals surface area contributed by atoms with Gasteiger partial charge in [0.25, 0.3) is 0 Å². The molecule has 0 aliphatic rings. The normalized spacial score (nSPS) is 13.2. The standard InChI is InChI=1S/C21H30O6S2/c1-7-8-14-26-16-9-11-17(12-10-16)29(24,25)18(19(23)27-20(2,3)4)21(5,6)28-15-13-22/h9-12,18,22H,13-15H2,1-6H3/t18-/m0/s1. The van der Waals surface area contributed by atoms with Crippen LogP contribution in [-0.2, 0) is 19.4 Å². The van der Waals surface area contributed by atoms with E-state index in [9.17, 15) is 13.2 Å². The molecule has 29 heavy (non-hydrogen) atoms. The van der Waals surface area contributed by atoms with Crippen molar-refractivity contribution in [2.75, 3.05) is 19.0 Å². The number of sulfone groups is 1. The summed E-state index contributed by atoms with van der Waals surface area (Å²) in [5.74, 6) is 5.44. The molecule has 1 rings (SSSR count). The maximum absolute atomic E-state index is 13.4. The minimum absolute atomic E-state index is 0.0000386. The van der Waals surface area contributed by atoms with Crippen molar-refractivity contribution < 1.29 is 27.8 Å². The Morgan fingerprint density at radius 3 is 2.24 bits per heavy atom. The van der Waals surface area contributed by atoms with Gasteiger partial charge in [-0.15, -0.1) is 5.92 Å². The van der Waals surface area contributed by atoms with Gasteiger partial charge in [-0.3, -0.25) is 4.79 Å². The highest BCUT2D eigenvalue weighted by molar-refractivity contribution is 8.02. The van der Waals surface area contributed by atoms with Crippen LogP contribution in [0.2, 0.25) is 0 Å². The molecule has 0 saturated heterocycles. The quantitative estimate of drug-likeness (QED) is 0.464. The number of hydrogen-bond acceptors (Lipinski definition) is 7. The van der Waals surface area contributed by atoms with E-state index in [1.165, 1.54) is 36.0 Å². The van der Waals surface area contributed by atoms with Crippen molar-refractivity contribution >= 4 is 27.6 Å². The average Bonchev–Trinajstić information content (AvgIpc) is 2.58. The SMILES string of the molecule is CC#CCOc1ccc(S(=O)(=O)[C@@H](C(=O)OC(C)(C)C)C(C)(C)SCCO)cc1. The third kappa shape index (κ3) is 7.57. The Morgan fingerprint density at radius 1 is 1.17 bits per heavy atom. The first-order chi connectivity index (χ1) is 13.3. The van der Waals surface area contributed by atoms with Gasteiger partial charge >= 0.3 is 5.97 Å². The molecule has 0 fully saturated rings. The molecule has 0 aromatic heterocycles. The van der Waals surface area contributed by atoms with Crippen LogP contribution in [0.4, 0.5) is 0 Å². The van der Waals surface area contributed by atoms with Crippen molar-refractivity contribution in [3.63, 3.8) is 0 Å². The number of carbonyl (C=O) groups excluding carboxylic acids is 1. The van der Waals surface area contributed by atoms with Gasteiger partial charge in [0.15, 0.2) is 15.1 Å². The van der Waals surface area contributed by atoms with Crippen molar-refractivity contribution in [2.24, 2.45) is 0 Å². The lowest BCUT2D eigenvalue weighted by atomic mass is 10.1. The Labute approximate surface area is 178 Å². The number of hydrogen-bond donors (Lipinski definition) is 1. The maximum atomic E-state index is 13.4. The van der Waals surface area contributed by atoms with Crippen LogP contribution in [0.3, 0.4) is 0 Å². The molecule has 1 N–H and O–H groups in total. The fraction of sp³-hybridized carbons (Fsp3) is 0.571. The average molecular weight is 443 g/mol. The second-order valence-corrected chi connectivity index (χ2v) is 11.6. The summed E-state index contributed by atoms with van der Waals surface area (Å²) in [6.45, 7) is 10.2. The molecule has 1 atom stereocenters. The van der Waals surface area contributed by atoms with Gasteiger partial charge in [0.2, 0.25) is 0 Å². The van der Waals surface area contributed by atoms with E-state index in [-0.39, 0.29) is 18.1 Å². The second kappa shape index (κ2) is 10.4. The third-order valence-corrected chi connectivity index (χ3v) is 7.62. The number of thioether (sulfide) groups is 1. The Kier molecular flexibility index (Phi) is 9.07. The molecule has 0 heterocycles. The van der Waals surface area contributed by atoms with Crippen LogP contribution in [0.15, 0.2) is 29.2 Å². The summed E-state index contributed by atoms with van der Waals surface area (Å²) in [4.78, 5) is 12.9. The topological polar surface area (TPSA) is 89.9 Å². The second-order valence-electron chi connectivity index (χ2n) is 7.82. The lowest BCUT2D eigenvalue weighted by molar-refractivity contribution is -0.154. The summed E-state index contributed by atoms with van der Waals surface area (Å²) < 4.78 is 36.6. The highest BCUT2D eigenvalue weighted by Gasteiger charge is 2.48. The predicted octanol–water partition coefficient (Wildman–Crippen LogP) is 3.08. The van der Waals surface area contributed by atoms with Crippen LogP contribution in [-0.4, -0.2) is 54.1 Å². The van der Waals surface area contributed by atoms with Crippen molar-refractivity contribution in [3.05, 3.63) is 24.3 Å². The minimum atomic E-state index is -4.06. The summed E-state index contributed by atoms with van der Waals surface area (Å²) in [5.41, 5.74) is -0.833. The van der Waals surface area contributed by atoms with E-state index in [1.807, 2.05) is 0 Å². The summed E-state index contributed by atoms with van der Waals surface area (Å²) in [5, 5.41) is 7.72. The van der Waals surface area contributed by atoms with Crippen molar-refractivity contribution in [3.8, 4) is 17.6 Å². The first kappa shape index (κ1) is 25.3. The first-order valence-electron chi connectivity index (χ1n) is 9.19. The number of aliphatic hydroxyl groups excluding tert-OH is 1. The fourth-order valence-electron chi connectivity index (χ4n) is 2.58. The maximum Gasteiger partial charge on any atom is 0.326 e. The van der Waals surface area contributed by atoms with Gasteiger partial charge in [-0.25, -0.2) is 8.42 Å². The molecule has 162 valence electrons. The van der Waals surface area contributed by atoms with E-state index in [1.54, 1.807) is 41.5 Å². The Balaban J connectivity index is 3.30. The van der Waals surface area contributed by atoms with Gasteiger partial charge in [-0.05, 0) is 65.8 Å². The molecule has 1 aromatic carbocycles. The molecule has 0 saturated carbocycles. The summed E-state index contributed by atoms with van der Waals surface area (Å²) in [6, 6.07) is 5.89. The van der Waals surface area contributed by atoms with Crippen LogP contribution < -0.4 is 4.74 Å². The smallest absolute Gasteiger partial charge is 0.326 e. The van der Waals surface area contributed by atoms with Crippen LogP contribution >= 0.6 is 11.8 Å². The number of ether oxygens (including phenoxy) is 2. The van der Waals surface area contributed by atoms with Crippen molar-refractivity contribution in [1.82, 2.24) is 0 Å². The summed E-state index contributed by atoms with van der Waals surface area (Å²) in [7, 11) is -4.06. The van der Waals surface area contributed by atoms with Crippen LogP contribution in [0.5, 0.6) is 5.75 Å². The third-order valence-electron chi connectivity index (χ3n) is 3.77. The van der Waals surface area contributed by atoms with E-state index in [0.29, 0.717) is 11.5 Å². The zero-order chi connectivity index (χ0) is 22.3. The zero-order valence-electron chi connectivity index (χ0n) is 17.8. The molecule has 0 spiro atoms. The molecule has 1 aromatic rings. The number of benzene rings is 1. The van der Waals surface area contributed by atoms with E-state index < -0.39 is 31.4 Å². The molecule has 0 aliphatic heterocycles. The van der Waals surface area contributed by atoms with Gasteiger partial charge in [0.1, 0.15) is 18.0 Å². The fourth-order valence-corrected chi connectivity index (χ4v) is 5.86. The Morgan fingerprint density at radius 2 is 1.76 bits per heavy atom. The number of carbonyl (C=O) groups is 1. The number of rotatable bonds is 9. The molecular weight excluding hydrogens is 412 g/mol. The number of aliphatic hydroxyl groups is 1. The molecule has 0 unspecified atom stereocenters. The number of esters is 1. The van der Waals surface area contributed by atoms with Gasteiger partial charge in [0.05, 0.1) is 11.5 Å². The largest absolute Gasteiger partial charge is 0.481 e. The van der Waals surface area contributed by atoms with Crippen LogP contribution in [0.1, 0.15) is 41.5 Å². The minimum Gasteiger partial charge on any atom is -0.481 e. The Hall–Kier alpha value is -1.69. The molecule has 8 heteroatoms. The molecule has 0 amide bonds. The summed E-state index contributed by atoms with van der Waals surface area (Å²) >= 11 is 1.21. The van der Waals surface area contributed by atoms with Crippen molar-refractivity contribution in [2.45, 2.75) is 62.0 Å². The molecule has 0 bridgehead atoms. The zero-order valence-corrected chi connectivity index (χ0v) is 19.4. The Bertz CT molecular complexity index is 840. The van der Waals surface area contributed by atoms with Crippen molar-refractivity contribution in [1.29, 1.82) is 0 Å². The molecule has 0 aliphatic carbocycles. The van der Waals surface area contributed by atoms with E-state index >= 15 is 0 Å². The van der Waals surface area contributed by atoms with E-state index in [4.69, 9.17) is 14.6 Å². The van der Waals surface area contributed by atoms with Gasteiger partial charge in [-0.2, -0.15) is 11.8 Å². The lowest BCUT2D eigenvalue weighted by Crippen LogP contribution is -2.48. The highest BCUT2D eigenvalue weighted by atomic mass is 32.2.